The van der Waals surface area contributed by atoms with E-state index in [2.05, 4.69) is 19.0 Å². The molecule has 2 saturated carbocycles. The molecule has 0 saturated heterocycles. The second-order valence-electron chi connectivity index (χ2n) is 5.19. The summed E-state index contributed by atoms with van der Waals surface area (Å²) in [5.74, 6) is 0.877. The minimum atomic E-state index is 0.179. The Morgan fingerprint density at radius 2 is 1.77 bits per heavy atom. The van der Waals surface area contributed by atoms with Crippen molar-refractivity contribution in [2.75, 3.05) is 14.1 Å². The van der Waals surface area contributed by atoms with Crippen molar-refractivity contribution in [2.24, 2.45) is 11.7 Å². The van der Waals surface area contributed by atoms with Gasteiger partial charge in [-0.05, 0) is 45.7 Å². The Bertz CT molecular complexity index is 179. The van der Waals surface area contributed by atoms with Gasteiger partial charge in [0.15, 0.2) is 0 Å². The van der Waals surface area contributed by atoms with E-state index in [1.54, 1.807) is 0 Å². The molecule has 13 heavy (non-hydrogen) atoms. The number of hydrogen-bond acceptors (Lipinski definition) is 2. The van der Waals surface area contributed by atoms with E-state index in [-0.39, 0.29) is 5.54 Å². The molecule has 0 aromatic rings. The first-order chi connectivity index (χ1) is 6.13. The van der Waals surface area contributed by atoms with Gasteiger partial charge in [0.05, 0.1) is 0 Å². The van der Waals surface area contributed by atoms with Crippen LogP contribution in [0.2, 0.25) is 0 Å². The first kappa shape index (κ1) is 9.47. The van der Waals surface area contributed by atoms with Crippen LogP contribution in [0.15, 0.2) is 0 Å². The van der Waals surface area contributed by atoms with Gasteiger partial charge in [0.2, 0.25) is 0 Å². The van der Waals surface area contributed by atoms with Gasteiger partial charge in [-0.3, -0.25) is 0 Å². The van der Waals surface area contributed by atoms with Crippen molar-refractivity contribution in [1.82, 2.24) is 4.90 Å². The van der Waals surface area contributed by atoms with Crippen LogP contribution in [-0.2, 0) is 0 Å². The summed E-state index contributed by atoms with van der Waals surface area (Å²) in [7, 11) is 4.38. The molecule has 0 aromatic heterocycles. The molecule has 1 unspecified atom stereocenters. The molecule has 0 aromatic carbocycles. The average Bonchev–Trinajstić information content (AvgIpc) is 2.62. The van der Waals surface area contributed by atoms with Crippen molar-refractivity contribution in [3.63, 3.8) is 0 Å². The molecular weight excluding hydrogens is 160 g/mol. The third-order valence-corrected chi connectivity index (χ3v) is 3.82. The Morgan fingerprint density at radius 1 is 1.23 bits per heavy atom. The van der Waals surface area contributed by atoms with Crippen molar-refractivity contribution in [2.45, 2.75) is 50.1 Å². The summed E-state index contributed by atoms with van der Waals surface area (Å²) in [5.41, 5.74) is 6.51. The van der Waals surface area contributed by atoms with Crippen LogP contribution in [0, 0.1) is 5.92 Å². The molecule has 2 aliphatic rings. The molecule has 0 amide bonds. The number of hydrogen-bond donors (Lipinski definition) is 1. The second-order valence-corrected chi connectivity index (χ2v) is 5.19. The standard InChI is InChI=1S/C11H22N2/c1-13(2)10(11(12)7-8-11)9-5-3-4-6-9/h9-10H,3-8,12H2,1-2H3. The lowest BCUT2D eigenvalue weighted by atomic mass is 9.89. The SMILES string of the molecule is CN(C)C(C1CCCC1)C1(N)CC1. The predicted octanol–water partition coefficient (Wildman–Crippen LogP) is 1.60. The number of rotatable bonds is 3. The van der Waals surface area contributed by atoms with E-state index in [1.807, 2.05) is 0 Å². The van der Waals surface area contributed by atoms with Crippen molar-refractivity contribution < 1.29 is 0 Å². The van der Waals surface area contributed by atoms with Crippen LogP contribution in [0.4, 0.5) is 0 Å². The van der Waals surface area contributed by atoms with Gasteiger partial charge in [-0.15, -0.1) is 0 Å². The monoisotopic (exact) mass is 182 g/mol. The zero-order valence-electron chi connectivity index (χ0n) is 8.92. The minimum absolute atomic E-state index is 0.179. The van der Waals surface area contributed by atoms with Crippen molar-refractivity contribution in [3.8, 4) is 0 Å². The molecule has 2 rings (SSSR count). The summed E-state index contributed by atoms with van der Waals surface area (Å²) in [5, 5.41) is 0. The molecule has 0 spiro atoms. The van der Waals surface area contributed by atoms with Gasteiger partial charge in [-0.1, -0.05) is 12.8 Å². The van der Waals surface area contributed by atoms with Crippen LogP contribution in [0.25, 0.3) is 0 Å². The highest BCUT2D eigenvalue weighted by atomic mass is 15.2. The van der Waals surface area contributed by atoms with Crippen LogP contribution >= 0.6 is 0 Å². The van der Waals surface area contributed by atoms with Crippen LogP contribution in [0.1, 0.15) is 38.5 Å². The lowest BCUT2D eigenvalue weighted by Crippen LogP contribution is -2.50. The number of likely N-dealkylation sites (N-methyl/N-ethyl adjacent to an activating group) is 1. The maximum absolute atomic E-state index is 6.33. The molecule has 2 aliphatic carbocycles. The fraction of sp³-hybridized carbons (Fsp3) is 1.00. The van der Waals surface area contributed by atoms with E-state index in [1.165, 1.54) is 38.5 Å². The molecule has 0 aliphatic heterocycles. The topological polar surface area (TPSA) is 29.3 Å². The zero-order valence-corrected chi connectivity index (χ0v) is 8.92. The highest BCUT2D eigenvalue weighted by Gasteiger charge is 2.50. The fourth-order valence-corrected chi connectivity index (χ4v) is 3.12. The zero-order chi connectivity index (χ0) is 9.47. The van der Waals surface area contributed by atoms with Crippen molar-refractivity contribution in [1.29, 1.82) is 0 Å². The summed E-state index contributed by atoms with van der Waals surface area (Å²) in [6.45, 7) is 0. The normalized spacial score (nSPS) is 29.5. The molecule has 0 bridgehead atoms. The van der Waals surface area contributed by atoms with Crippen LogP contribution < -0.4 is 5.73 Å². The van der Waals surface area contributed by atoms with Crippen LogP contribution in [-0.4, -0.2) is 30.6 Å². The fourth-order valence-electron chi connectivity index (χ4n) is 3.12. The molecule has 76 valence electrons. The average molecular weight is 182 g/mol. The quantitative estimate of drug-likeness (QED) is 0.718. The molecule has 2 fully saturated rings. The summed E-state index contributed by atoms with van der Waals surface area (Å²) in [6.07, 6.45) is 8.14. The molecule has 1 atom stereocenters. The van der Waals surface area contributed by atoms with Gasteiger partial charge in [0.1, 0.15) is 0 Å². The Hall–Kier alpha value is -0.0800. The number of nitrogens with zero attached hydrogens (tertiary/aromatic N) is 1. The van der Waals surface area contributed by atoms with Crippen LogP contribution in [0.3, 0.4) is 0 Å². The van der Waals surface area contributed by atoms with E-state index < -0.39 is 0 Å². The molecule has 2 N–H and O–H groups in total. The van der Waals surface area contributed by atoms with Crippen LogP contribution in [0.5, 0.6) is 0 Å². The highest BCUT2D eigenvalue weighted by molar-refractivity contribution is 5.10. The van der Waals surface area contributed by atoms with Gasteiger partial charge in [-0.25, -0.2) is 0 Å². The largest absolute Gasteiger partial charge is 0.324 e. The molecule has 2 heteroatoms. The van der Waals surface area contributed by atoms with E-state index in [4.69, 9.17) is 5.73 Å². The Labute approximate surface area is 81.5 Å². The Kier molecular flexibility index (Phi) is 2.37. The van der Waals surface area contributed by atoms with Gasteiger partial charge in [0.25, 0.3) is 0 Å². The minimum Gasteiger partial charge on any atom is -0.324 e. The first-order valence-corrected chi connectivity index (χ1v) is 5.59. The van der Waals surface area contributed by atoms with E-state index in [9.17, 15) is 0 Å². The Balaban J connectivity index is 2.04. The molecule has 0 radical (unpaired) electrons. The number of nitrogens with two attached hydrogens (primary N) is 1. The molecular formula is C11H22N2. The van der Waals surface area contributed by atoms with Gasteiger partial charge in [0, 0.05) is 11.6 Å². The van der Waals surface area contributed by atoms with Gasteiger partial charge >= 0.3 is 0 Å². The summed E-state index contributed by atoms with van der Waals surface area (Å²) < 4.78 is 0. The molecule has 0 heterocycles. The summed E-state index contributed by atoms with van der Waals surface area (Å²) in [4.78, 5) is 2.36. The maximum atomic E-state index is 6.33. The summed E-state index contributed by atoms with van der Waals surface area (Å²) >= 11 is 0. The lowest BCUT2D eigenvalue weighted by molar-refractivity contribution is 0.168. The van der Waals surface area contributed by atoms with Crippen molar-refractivity contribution in [3.05, 3.63) is 0 Å². The van der Waals surface area contributed by atoms with Gasteiger partial charge < -0.3 is 10.6 Å². The highest BCUT2D eigenvalue weighted by Crippen LogP contribution is 2.44. The van der Waals surface area contributed by atoms with E-state index in [0.29, 0.717) is 6.04 Å². The lowest BCUT2D eigenvalue weighted by Gasteiger charge is -2.35. The maximum Gasteiger partial charge on any atom is 0.0316 e. The van der Waals surface area contributed by atoms with E-state index >= 15 is 0 Å². The summed E-state index contributed by atoms with van der Waals surface area (Å²) in [6, 6.07) is 0.648. The molecule has 2 nitrogen and oxygen atoms in total. The predicted molar refractivity (Wildman–Crippen MR) is 55.6 cm³/mol. The smallest absolute Gasteiger partial charge is 0.0316 e. The Morgan fingerprint density at radius 3 is 2.15 bits per heavy atom. The van der Waals surface area contributed by atoms with Gasteiger partial charge in [-0.2, -0.15) is 0 Å². The third-order valence-electron chi connectivity index (χ3n) is 3.82. The second kappa shape index (κ2) is 3.25. The van der Waals surface area contributed by atoms with E-state index in [0.717, 1.165) is 5.92 Å². The third kappa shape index (κ3) is 1.75. The van der Waals surface area contributed by atoms with Crippen molar-refractivity contribution >= 4 is 0 Å². The first-order valence-electron chi connectivity index (χ1n) is 5.59.